The number of benzene rings is 1. The predicted octanol–water partition coefficient (Wildman–Crippen LogP) is 3.00. The summed E-state index contributed by atoms with van der Waals surface area (Å²) in [7, 11) is 0. The first-order valence-corrected chi connectivity index (χ1v) is 7.89. The number of hydrogen-bond donors (Lipinski definition) is 1. The molecule has 1 fully saturated rings. The Morgan fingerprint density at radius 2 is 2.00 bits per heavy atom. The lowest BCUT2D eigenvalue weighted by Crippen LogP contribution is -2.42. The van der Waals surface area contributed by atoms with Gasteiger partial charge < -0.3 is 10.1 Å². The van der Waals surface area contributed by atoms with Crippen LogP contribution in [0.1, 0.15) is 44.2 Å². The van der Waals surface area contributed by atoms with Gasteiger partial charge in [-0.3, -0.25) is 4.90 Å². The van der Waals surface area contributed by atoms with Crippen LogP contribution in [0, 0.1) is 0 Å². The van der Waals surface area contributed by atoms with Gasteiger partial charge in [0.15, 0.2) is 0 Å². The van der Waals surface area contributed by atoms with E-state index < -0.39 is 0 Å². The molecular weight excluding hydrogens is 248 g/mol. The van der Waals surface area contributed by atoms with Crippen molar-refractivity contribution < 1.29 is 4.74 Å². The quantitative estimate of drug-likeness (QED) is 0.864. The normalized spacial score (nSPS) is 16.6. The van der Waals surface area contributed by atoms with Crippen LogP contribution in [0.3, 0.4) is 0 Å². The fourth-order valence-electron chi connectivity index (χ4n) is 2.62. The number of hydrogen-bond acceptors (Lipinski definition) is 3. The number of ether oxygens (including phenoxy) is 1. The fourth-order valence-corrected chi connectivity index (χ4v) is 2.62. The maximum absolute atomic E-state index is 5.87. The second-order valence-corrected chi connectivity index (χ2v) is 5.90. The molecule has 0 aromatic heterocycles. The SMILES string of the molecule is CCCOc1ccc(CN2CCNCC2)cc1C(C)C. The van der Waals surface area contributed by atoms with E-state index >= 15 is 0 Å². The molecule has 1 aliphatic heterocycles. The van der Waals surface area contributed by atoms with Gasteiger partial charge >= 0.3 is 0 Å². The first kappa shape index (κ1) is 15.3. The van der Waals surface area contributed by atoms with Gasteiger partial charge in [0.25, 0.3) is 0 Å². The molecule has 0 atom stereocenters. The van der Waals surface area contributed by atoms with Crippen molar-refractivity contribution in [3.63, 3.8) is 0 Å². The van der Waals surface area contributed by atoms with Crippen molar-refractivity contribution >= 4 is 0 Å². The van der Waals surface area contributed by atoms with E-state index in [2.05, 4.69) is 49.2 Å². The highest BCUT2D eigenvalue weighted by atomic mass is 16.5. The Hall–Kier alpha value is -1.06. The molecular formula is C17H28N2O. The van der Waals surface area contributed by atoms with Crippen molar-refractivity contribution in [2.24, 2.45) is 0 Å². The van der Waals surface area contributed by atoms with Crippen LogP contribution in [-0.2, 0) is 6.54 Å². The maximum Gasteiger partial charge on any atom is 0.122 e. The molecule has 1 saturated heterocycles. The fraction of sp³-hybridized carbons (Fsp3) is 0.647. The molecule has 0 spiro atoms. The Bertz CT molecular complexity index is 411. The molecule has 3 heteroatoms. The third-order valence-corrected chi connectivity index (χ3v) is 3.77. The average molecular weight is 276 g/mol. The summed E-state index contributed by atoms with van der Waals surface area (Å²) in [5.74, 6) is 1.57. The second kappa shape index (κ2) is 7.65. The maximum atomic E-state index is 5.87. The zero-order valence-corrected chi connectivity index (χ0v) is 13.1. The summed E-state index contributed by atoms with van der Waals surface area (Å²) in [6, 6.07) is 6.71. The zero-order chi connectivity index (χ0) is 14.4. The summed E-state index contributed by atoms with van der Waals surface area (Å²) < 4.78 is 5.87. The molecule has 0 radical (unpaired) electrons. The van der Waals surface area contributed by atoms with E-state index in [9.17, 15) is 0 Å². The second-order valence-electron chi connectivity index (χ2n) is 5.90. The molecule has 112 valence electrons. The minimum absolute atomic E-state index is 0.504. The summed E-state index contributed by atoms with van der Waals surface area (Å²) in [6.07, 6.45) is 1.06. The number of nitrogens with one attached hydrogen (secondary N) is 1. The van der Waals surface area contributed by atoms with E-state index in [-0.39, 0.29) is 0 Å². The van der Waals surface area contributed by atoms with Crippen molar-refractivity contribution in [1.82, 2.24) is 10.2 Å². The number of piperazine rings is 1. The van der Waals surface area contributed by atoms with Gasteiger partial charge in [-0.25, -0.2) is 0 Å². The van der Waals surface area contributed by atoms with Crippen molar-refractivity contribution in [2.45, 2.75) is 39.7 Å². The molecule has 1 N–H and O–H groups in total. The Morgan fingerprint density at radius 1 is 1.25 bits per heavy atom. The standard InChI is InChI=1S/C17H28N2O/c1-4-11-20-17-6-5-15(12-16(17)14(2)3)13-19-9-7-18-8-10-19/h5-6,12,14,18H,4,7-11,13H2,1-3H3. The van der Waals surface area contributed by atoms with Crippen LogP contribution in [0.5, 0.6) is 5.75 Å². The van der Waals surface area contributed by atoms with Gasteiger partial charge in [-0.05, 0) is 29.5 Å². The monoisotopic (exact) mass is 276 g/mol. The largest absolute Gasteiger partial charge is 0.493 e. The minimum atomic E-state index is 0.504. The van der Waals surface area contributed by atoms with Crippen molar-refractivity contribution in [1.29, 1.82) is 0 Å². The zero-order valence-electron chi connectivity index (χ0n) is 13.1. The summed E-state index contributed by atoms with van der Waals surface area (Å²) in [5, 5.41) is 3.40. The van der Waals surface area contributed by atoms with Gasteiger partial charge in [-0.1, -0.05) is 32.9 Å². The molecule has 0 aliphatic carbocycles. The molecule has 0 saturated carbocycles. The van der Waals surface area contributed by atoms with E-state index in [4.69, 9.17) is 4.74 Å². The summed E-state index contributed by atoms with van der Waals surface area (Å²) >= 11 is 0. The third kappa shape index (κ3) is 4.22. The average Bonchev–Trinajstić information content (AvgIpc) is 2.47. The van der Waals surface area contributed by atoms with Crippen molar-refractivity contribution in [3.8, 4) is 5.75 Å². The van der Waals surface area contributed by atoms with Crippen LogP contribution in [0.2, 0.25) is 0 Å². The summed E-state index contributed by atoms with van der Waals surface area (Å²) in [5.41, 5.74) is 2.74. The Labute approximate surface area is 123 Å². The lowest BCUT2D eigenvalue weighted by Gasteiger charge is -2.27. The van der Waals surface area contributed by atoms with Crippen LogP contribution >= 0.6 is 0 Å². The van der Waals surface area contributed by atoms with Gasteiger partial charge in [0.1, 0.15) is 5.75 Å². The van der Waals surface area contributed by atoms with E-state index in [0.29, 0.717) is 5.92 Å². The number of rotatable bonds is 6. The van der Waals surface area contributed by atoms with Crippen molar-refractivity contribution in [3.05, 3.63) is 29.3 Å². The minimum Gasteiger partial charge on any atom is -0.493 e. The molecule has 1 aromatic rings. The first-order valence-electron chi connectivity index (χ1n) is 7.89. The summed E-state index contributed by atoms with van der Waals surface area (Å²) in [4.78, 5) is 2.52. The molecule has 1 aliphatic rings. The van der Waals surface area contributed by atoms with E-state index in [1.807, 2.05) is 0 Å². The van der Waals surface area contributed by atoms with Gasteiger partial charge in [0, 0.05) is 32.7 Å². The van der Waals surface area contributed by atoms with Crippen LogP contribution in [0.15, 0.2) is 18.2 Å². The van der Waals surface area contributed by atoms with Gasteiger partial charge in [0.05, 0.1) is 6.61 Å². The number of nitrogens with zero attached hydrogens (tertiary/aromatic N) is 1. The highest BCUT2D eigenvalue weighted by Gasteiger charge is 2.13. The molecule has 1 heterocycles. The van der Waals surface area contributed by atoms with Crippen LogP contribution in [0.4, 0.5) is 0 Å². The van der Waals surface area contributed by atoms with E-state index in [0.717, 1.165) is 51.5 Å². The lowest BCUT2D eigenvalue weighted by atomic mass is 9.99. The van der Waals surface area contributed by atoms with Crippen LogP contribution < -0.4 is 10.1 Å². The smallest absolute Gasteiger partial charge is 0.122 e. The Balaban J connectivity index is 2.07. The van der Waals surface area contributed by atoms with Gasteiger partial charge in [-0.15, -0.1) is 0 Å². The highest BCUT2D eigenvalue weighted by Crippen LogP contribution is 2.28. The molecule has 3 nitrogen and oxygen atoms in total. The molecule has 0 amide bonds. The molecule has 2 rings (SSSR count). The van der Waals surface area contributed by atoms with Crippen LogP contribution in [-0.4, -0.2) is 37.7 Å². The Morgan fingerprint density at radius 3 is 2.65 bits per heavy atom. The molecule has 1 aromatic carbocycles. The topological polar surface area (TPSA) is 24.5 Å². The summed E-state index contributed by atoms with van der Waals surface area (Å²) in [6.45, 7) is 13.0. The van der Waals surface area contributed by atoms with Crippen LogP contribution in [0.25, 0.3) is 0 Å². The van der Waals surface area contributed by atoms with Gasteiger partial charge in [0.2, 0.25) is 0 Å². The van der Waals surface area contributed by atoms with Crippen molar-refractivity contribution in [2.75, 3.05) is 32.8 Å². The predicted molar refractivity (Wildman–Crippen MR) is 84.5 cm³/mol. The Kier molecular flexibility index (Phi) is 5.86. The van der Waals surface area contributed by atoms with E-state index in [1.165, 1.54) is 11.1 Å². The van der Waals surface area contributed by atoms with E-state index in [1.54, 1.807) is 0 Å². The third-order valence-electron chi connectivity index (χ3n) is 3.77. The lowest BCUT2D eigenvalue weighted by molar-refractivity contribution is 0.233. The molecule has 20 heavy (non-hydrogen) atoms. The molecule has 0 unspecified atom stereocenters. The van der Waals surface area contributed by atoms with Gasteiger partial charge in [-0.2, -0.15) is 0 Å². The molecule has 0 bridgehead atoms. The first-order chi connectivity index (χ1) is 9.70. The highest BCUT2D eigenvalue weighted by molar-refractivity contribution is 5.39.